The molecule has 1 aromatic rings. The van der Waals surface area contributed by atoms with Gasteiger partial charge in [0, 0.05) is 31.5 Å². The number of ether oxygens (including phenoxy) is 1. The maximum atomic E-state index is 12.9. The Hall–Kier alpha value is -1.92. The minimum Gasteiger partial charge on any atom is -0.480 e. The molecular formula is C21H28N2O4. The van der Waals surface area contributed by atoms with Crippen LogP contribution in [-0.4, -0.2) is 59.8 Å². The third kappa shape index (κ3) is 3.15. The third-order valence-electron chi connectivity index (χ3n) is 6.77. The Morgan fingerprint density at radius 2 is 2.07 bits per heavy atom. The molecule has 0 aliphatic carbocycles. The van der Waals surface area contributed by atoms with E-state index in [1.54, 1.807) is 0 Å². The van der Waals surface area contributed by atoms with E-state index in [0.717, 1.165) is 24.9 Å². The average Bonchev–Trinajstić information content (AvgIpc) is 3.27. The molecule has 1 amide bonds. The van der Waals surface area contributed by atoms with Crippen LogP contribution in [0.4, 0.5) is 0 Å². The van der Waals surface area contributed by atoms with E-state index in [1.807, 2.05) is 49.1 Å². The summed E-state index contributed by atoms with van der Waals surface area (Å²) in [4.78, 5) is 26.0. The summed E-state index contributed by atoms with van der Waals surface area (Å²) in [5.74, 6) is -0.217. The molecule has 6 heteroatoms. The molecule has 1 aromatic carbocycles. The van der Waals surface area contributed by atoms with Crippen molar-refractivity contribution in [3.63, 3.8) is 0 Å². The number of nitrogens with zero attached hydrogens (tertiary/aromatic N) is 1. The van der Waals surface area contributed by atoms with Crippen LogP contribution in [0.15, 0.2) is 30.3 Å². The summed E-state index contributed by atoms with van der Waals surface area (Å²) < 4.78 is 6.32. The standard InChI is InChI=1S/C21H28N2O4/c1-20(2,14-6-4-3-5-7-14)19(26)22-10-15-16-11-23(12-18(24)25)13-21(16)9-8-17(15)27-21/h3-7,15-17H,8-13H2,1-2H3,(H,22,26)(H,24,25)/t15-,16+,17+,21+/m0/s1. The molecule has 2 bridgehead atoms. The number of hydrogen-bond acceptors (Lipinski definition) is 4. The van der Waals surface area contributed by atoms with Crippen LogP contribution >= 0.6 is 0 Å². The van der Waals surface area contributed by atoms with Crippen LogP contribution < -0.4 is 5.32 Å². The highest BCUT2D eigenvalue weighted by molar-refractivity contribution is 5.87. The number of carboxylic acid groups (broad SMARTS) is 1. The van der Waals surface area contributed by atoms with Gasteiger partial charge in [0.15, 0.2) is 0 Å². The second-order valence-electron chi connectivity index (χ2n) is 8.79. The molecule has 3 saturated heterocycles. The number of rotatable bonds is 6. The number of carboxylic acids is 1. The summed E-state index contributed by atoms with van der Waals surface area (Å²) in [5, 5.41) is 12.3. The third-order valence-corrected chi connectivity index (χ3v) is 6.77. The zero-order valence-electron chi connectivity index (χ0n) is 16.0. The molecule has 4 atom stereocenters. The molecule has 1 spiro atoms. The number of aliphatic carboxylic acids is 1. The fourth-order valence-corrected chi connectivity index (χ4v) is 5.29. The van der Waals surface area contributed by atoms with Crippen molar-refractivity contribution in [2.24, 2.45) is 11.8 Å². The van der Waals surface area contributed by atoms with Crippen molar-refractivity contribution in [1.29, 1.82) is 0 Å². The molecule has 146 valence electrons. The van der Waals surface area contributed by atoms with Crippen molar-refractivity contribution in [2.45, 2.75) is 43.8 Å². The van der Waals surface area contributed by atoms with E-state index in [0.29, 0.717) is 19.0 Å². The molecule has 0 radical (unpaired) electrons. The normalized spacial score (nSPS) is 32.4. The number of benzene rings is 1. The Balaban J connectivity index is 1.41. The molecule has 3 heterocycles. The van der Waals surface area contributed by atoms with Crippen LogP contribution in [0.2, 0.25) is 0 Å². The molecule has 0 aromatic heterocycles. The van der Waals surface area contributed by atoms with Crippen LogP contribution in [0.1, 0.15) is 32.3 Å². The Morgan fingerprint density at radius 1 is 1.33 bits per heavy atom. The van der Waals surface area contributed by atoms with E-state index in [-0.39, 0.29) is 30.1 Å². The summed E-state index contributed by atoms with van der Waals surface area (Å²) >= 11 is 0. The van der Waals surface area contributed by atoms with Crippen LogP contribution in [-0.2, 0) is 19.7 Å². The first-order valence-electron chi connectivity index (χ1n) is 9.78. The van der Waals surface area contributed by atoms with Gasteiger partial charge in [-0.1, -0.05) is 30.3 Å². The van der Waals surface area contributed by atoms with Crippen molar-refractivity contribution in [2.75, 3.05) is 26.2 Å². The van der Waals surface area contributed by atoms with Crippen LogP contribution in [0.5, 0.6) is 0 Å². The van der Waals surface area contributed by atoms with E-state index < -0.39 is 11.4 Å². The summed E-state index contributed by atoms with van der Waals surface area (Å²) in [6.07, 6.45) is 2.18. The van der Waals surface area contributed by atoms with E-state index in [4.69, 9.17) is 9.84 Å². The average molecular weight is 372 g/mol. The van der Waals surface area contributed by atoms with Crippen molar-refractivity contribution >= 4 is 11.9 Å². The number of nitrogens with one attached hydrogen (secondary N) is 1. The zero-order chi connectivity index (χ0) is 19.2. The summed E-state index contributed by atoms with van der Waals surface area (Å²) in [7, 11) is 0. The fourth-order valence-electron chi connectivity index (χ4n) is 5.29. The molecule has 3 aliphatic rings. The van der Waals surface area contributed by atoms with E-state index in [9.17, 15) is 9.59 Å². The van der Waals surface area contributed by atoms with Gasteiger partial charge in [-0.3, -0.25) is 14.5 Å². The highest BCUT2D eigenvalue weighted by atomic mass is 16.5. The first-order chi connectivity index (χ1) is 12.8. The quantitative estimate of drug-likeness (QED) is 0.794. The lowest BCUT2D eigenvalue weighted by Crippen LogP contribution is -2.46. The minimum atomic E-state index is -0.796. The van der Waals surface area contributed by atoms with Gasteiger partial charge in [-0.15, -0.1) is 0 Å². The molecule has 0 unspecified atom stereocenters. The van der Waals surface area contributed by atoms with Gasteiger partial charge in [0.25, 0.3) is 0 Å². The lowest BCUT2D eigenvalue weighted by atomic mass is 9.73. The first kappa shape index (κ1) is 18.4. The van der Waals surface area contributed by atoms with E-state index in [1.165, 1.54) is 0 Å². The van der Waals surface area contributed by atoms with Gasteiger partial charge in [0.05, 0.1) is 23.7 Å². The summed E-state index contributed by atoms with van der Waals surface area (Å²) in [6.45, 7) is 5.98. The number of amides is 1. The van der Waals surface area contributed by atoms with Crippen molar-refractivity contribution in [3.8, 4) is 0 Å². The number of hydrogen-bond donors (Lipinski definition) is 2. The van der Waals surface area contributed by atoms with Gasteiger partial charge in [-0.05, 0) is 32.3 Å². The Labute approximate surface area is 159 Å². The molecule has 3 fully saturated rings. The Morgan fingerprint density at radius 3 is 2.78 bits per heavy atom. The fraction of sp³-hybridized carbons (Fsp3) is 0.619. The maximum absolute atomic E-state index is 12.9. The molecule has 27 heavy (non-hydrogen) atoms. The van der Waals surface area contributed by atoms with E-state index >= 15 is 0 Å². The van der Waals surface area contributed by atoms with Gasteiger partial charge in [-0.2, -0.15) is 0 Å². The number of carbonyl (C=O) groups is 2. The molecule has 3 aliphatic heterocycles. The Bertz CT molecular complexity index is 735. The topological polar surface area (TPSA) is 78.9 Å². The molecule has 2 N–H and O–H groups in total. The number of fused-ring (bicyclic) bond motifs is 1. The lowest BCUT2D eigenvalue weighted by Gasteiger charge is -2.31. The predicted octanol–water partition coefficient (Wildman–Crippen LogP) is 1.64. The van der Waals surface area contributed by atoms with Crippen LogP contribution in [0.25, 0.3) is 0 Å². The van der Waals surface area contributed by atoms with Crippen LogP contribution in [0.3, 0.4) is 0 Å². The van der Waals surface area contributed by atoms with Gasteiger partial charge in [0.2, 0.25) is 5.91 Å². The predicted molar refractivity (Wildman–Crippen MR) is 100 cm³/mol. The van der Waals surface area contributed by atoms with Gasteiger partial charge in [0.1, 0.15) is 0 Å². The number of carbonyl (C=O) groups excluding carboxylic acids is 1. The largest absolute Gasteiger partial charge is 0.480 e. The first-order valence-corrected chi connectivity index (χ1v) is 9.78. The summed E-state index contributed by atoms with van der Waals surface area (Å²) in [6, 6.07) is 9.82. The van der Waals surface area contributed by atoms with Gasteiger partial charge < -0.3 is 15.2 Å². The number of likely N-dealkylation sites (tertiary alicyclic amines) is 1. The monoisotopic (exact) mass is 372 g/mol. The SMILES string of the molecule is CC(C)(C(=O)NC[C@H]1[C@H]2CN(CC(=O)O)C[C@]23CC[C@H]1O3)c1ccccc1. The van der Waals surface area contributed by atoms with Crippen molar-refractivity contribution < 1.29 is 19.4 Å². The van der Waals surface area contributed by atoms with Gasteiger partial charge >= 0.3 is 5.97 Å². The van der Waals surface area contributed by atoms with Crippen LogP contribution in [0, 0.1) is 11.8 Å². The maximum Gasteiger partial charge on any atom is 0.317 e. The Kier molecular flexibility index (Phi) is 4.51. The van der Waals surface area contributed by atoms with Crippen molar-refractivity contribution in [3.05, 3.63) is 35.9 Å². The van der Waals surface area contributed by atoms with Gasteiger partial charge in [-0.25, -0.2) is 0 Å². The smallest absolute Gasteiger partial charge is 0.317 e. The highest BCUT2D eigenvalue weighted by Crippen LogP contribution is 2.54. The van der Waals surface area contributed by atoms with Crippen molar-refractivity contribution in [1.82, 2.24) is 10.2 Å². The summed E-state index contributed by atoms with van der Waals surface area (Å²) in [5.41, 5.74) is 0.198. The highest BCUT2D eigenvalue weighted by Gasteiger charge is 2.62. The zero-order valence-corrected chi connectivity index (χ0v) is 16.0. The molecular weight excluding hydrogens is 344 g/mol. The molecule has 0 saturated carbocycles. The second-order valence-corrected chi connectivity index (χ2v) is 8.79. The second kappa shape index (κ2) is 6.60. The molecule has 6 nitrogen and oxygen atoms in total. The minimum absolute atomic E-state index is 0.0194. The van der Waals surface area contributed by atoms with E-state index in [2.05, 4.69) is 5.32 Å². The molecule has 4 rings (SSSR count). The lowest BCUT2D eigenvalue weighted by molar-refractivity contribution is -0.138.